The van der Waals surface area contributed by atoms with Crippen LogP contribution in [0.1, 0.15) is 34.1 Å². The summed E-state index contributed by atoms with van der Waals surface area (Å²) in [6.07, 6.45) is 1.65. The van der Waals surface area contributed by atoms with Crippen LogP contribution in [0.4, 0.5) is 0 Å². The highest BCUT2D eigenvalue weighted by Crippen LogP contribution is 2.49. The monoisotopic (exact) mass is 394 g/mol. The predicted octanol–water partition coefficient (Wildman–Crippen LogP) is 4.21. The highest BCUT2D eigenvalue weighted by molar-refractivity contribution is 5.66. The van der Waals surface area contributed by atoms with Gasteiger partial charge in [0.2, 0.25) is 11.8 Å². The molecule has 7 heteroatoms. The first-order valence-electron chi connectivity index (χ1n) is 9.80. The Labute approximate surface area is 172 Å². The molecule has 0 aliphatic carbocycles. The van der Waals surface area contributed by atoms with Crippen LogP contribution in [0.2, 0.25) is 0 Å². The largest absolute Gasteiger partial charge is 0.420 e. The number of hydrogen-bond acceptors (Lipinski definition) is 5. The smallest absolute Gasteiger partial charge is 0.230 e. The van der Waals surface area contributed by atoms with E-state index in [9.17, 15) is 0 Å². The van der Waals surface area contributed by atoms with Crippen LogP contribution in [-0.2, 0) is 0 Å². The fraction of sp³-hybridized carbons (Fsp3) is 0.130. The van der Waals surface area contributed by atoms with Gasteiger partial charge in [0.05, 0.1) is 28.4 Å². The Morgan fingerprint density at radius 1 is 0.867 bits per heavy atom. The van der Waals surface area contributed by atoms with Gasteiger partial charge in [0.15, 0.2) is 5.65 Å². The molecule has 6 rings (SSSR count). The lowest BCUT2D eigenvalue weighted by molar-refractivity contribution is 0.402. The second-order valence-electron chi connectivity index (χ2n) is 7.39. The first-order valence-corrected chi connectivity index (χ1v) is 9.80. The quantitative estimate of drug-likeness (QED) is 0.440. The lowest BCUT2D eigenvalue weighted by Gasteiger charge is -2.26. The van der Waals surface area contributed by atoms with Crippen molar-refractivity contribution in [1.82, 2.24) is 29.4 Å². The fourth-order valence-corrected chi connectivity index (χ4v) is 4.21. The third-order valence-electron chi connectivity index (χ3n) is 5.46. The number of hydrogen-bond donors (Lipinski definition) is 0. The van der Waals surface area contributed by atoms with Crippen LogP contribution in [0.15, 0.2) is 67.0 Å². The topological polar surface area (TPSA) is 70.1 Å². The van der Waals surface area contributed by atoms with Gasteiger partial charge in [0, 0.05) is 0 Å². The molecule has 0 bridgehead atoms. The van der Waals surface area contributed by atoms with Crippen LogP contribution >= 0.6 is 0 Å². The van der Waals surface area contributed by atoms with E-state index in [4.69, 9.17) is 9.84 Å². The molecular formula is C23H18N6O. The molecule has 4 heterocycles. The lowest BCUT2D eigenvalue weighted by Crippen LogP contribution is -2.16. The number of fused-ring (bicyclic) bond motifs is 4. The SMILES string of the molecule is Cc1nc2c3c(ncn2n1)Oc1c(c(C)nn1-c1ccccc1)[C@@H]3c1ccccc1. The zero-order valence-corrected chi connectivity index (χ0v) is 16.5. The fourth-order valence-electron chi connectivity index (χ4n) is 4.21. The lowest BCUT2D eigenvalue weighted by atomic mass is 9.84. The third kappa shape index (κ3) is 2.38. The maximum Gasteiger partial charge on any atom is 0.230 e. The molecule has 0 unspecified atom stereocenters. The zero-order valence-electron chi connectivity index (χ0n) is 16.5. The Hall–Kier alpha value is -4.00. The Morgan fingerprint density at radius 3 is 2.37 bits per heavy atom. The van der Waals surface area contributed by atoms with Gasteiger partial charge in [-0.3, -0.25) is 0 Å². The summed E-state index contributed by atoms with van der Waals surface area (Å²) in [6, 6.07) is 20.4. The number of para-hydroxylation sites is 1. The van der Waals surface area contributed by atoms with Crippen molar-refractivity contribution in [2.45, 2.75) is 19.8 Å². The molecule has 0 fully saturated rings. The van der Waals surface area contributed by atoms with Crippen LogP contribution in [0.25, 0.3) is 11.3 Å². The van der Waals surface area contributed by atoms with Crippen molar-refractivity contribution in [1.29, 1.82) is 0 Å². The zero-order chi connectivity index (χ0) is 20.2. The summed E-state index contributed by atoms with van der Waals surface area (Å²) in [6.45, 7) is 3.90. The molecule has 7 nitrogen and oxygen atoms in total. The second-order valence-corrected chi connectivity index (χ2v) is 7.39. The standard InChI is InChI=1S/C23H18N6O/c1-14-18-19(16-9-5-3-6-10-16)20-21-25-15(2)27-28(21)13-24-22(20)30-23(18)29(26-14)17-11-7-4-8-12-17/h3-13,19H,1-2H3/t19-/m0/s1. The van der Waals surface area contributed by atoms with Gasteiger partial charge < -0.3 is 4.74 Å². The maximum atomic E-state index is 6.36. The second kappa shape index (κ2) is 6.25. The van der Waals surface area contributed by atoms with Crippen molar-refractivity contribution in [3.8, 4) is 17.4 Å². The Kier molecular flexibility index (Phi) is 3.52. The van der Waals surface area contributed by atoms with E-state index in [-0.39, 0.29) is 5.92 Å². The highest BCUT2D eigenvalue weighted by Gasteiger charge is 2.37. The molecular weight excluding hydrogens is 376 g/mol. The van der Waals surface area contributed by atoms with Crippen LogP contribution in [0.3, 0.4) is 0 Å². The average Bonchev–Trinajstić information content (AvgIpc) is 3.32. The minimum absolute atomic E-state index is 0.109. The predicted molar refractivity (Wildman–Crippen MR) is 111 cm³/mol. The van der Waals surface area contributed by atoms with Gasteiger partial charge in [-0.1, -0.05) is 48.5 Å². The van der Waals surface area contributed by atoms with Crippen LogP contribution in [0.5, 0.6) is 11.8 Å². The van der Waals surface area contributed by atoms with E-state index >= 15 is 0 Å². The molecule has 0 saturated heterocycles. The van der Waals surface area contributed by atoms with Crippen molar-refractivity contribution in [2.24, 2.45) is 0 Å². The molecule has 0 amide bonds. The van der Waals surface area contributed by atoms with E-state index in [0.717, 1.165) is 33.7 Å². The van der Waals surface area contributed by atoms with Crippen molar-refractivity contribution in [3.63, 3.8) is 0 Å². The number of aromatic nitrogens is 6. The van der Waals surface area contributed by atoms with Gasteiger partial charge in [0.1, 0.15) is 12.2 Å². The molecule has 0 spiro atoms. The van der Waals surface area contributed by atoms with Gasteiger partial charge in [-0.05, 0) is 31.5 Å². The Balaban J connectivity index is 1.68. The van der Waals surface area contributed by atoms with E-state index in [1.54, 1.807) is 10.8 Å². The third-order valence-corrected chi connectivity index (χ3v) is 5.46. The normalized spacial score (nSPS) is 14.9. The minimum Gasteiger partial charge on any atom is -0.420 e. The Morgan fingerprint density at radius 2 is 1.60 bits per heavy atom. The van der Waals surface area contributed by atoms with Gasteiger partial charge >= 0.3 is 0 Å². The van der Waals surface area contributed by atoms with Crippen LogP contribution in [-0.4, -0.2) is 29.4 Å². The molecule has 1 aliphatic heterocycles. The van der Waals surface area contributed by atoms with E-state index in [1.807, 2.05) is 67.1 Å². The summed E-state index contributed by atoms with van der Waals surface area (Å²) >= 11 is 0. The molecule has 3 aromatic heterocycles. The molecule has 2 aromatic carbocycles. The van der Waals surface area contributed by atoms with Crippen molar-refractivity contribution < 1.29 is 4.74 Å². The van der Waals surface area contributed by atoms with E-state index in [1.165, 1.54) is 0 Å². The van der Waals surface area contributed by atoms with Crippen molar-refractivity contribution in [3.05, 3.63) is 95.2 Å². The number of benzene rings is 2. The summed E-state index contributed by atoms with van der Waals surface area (Å²) in [5.74, 6) is 1.81. The summed E-state index contributed by atoms with van der Waals surface area (Å²) in [5, 5.41) is 9.27. The molecule has 0 radical (unpaired) electrons. The number of aryl methyl sites for hydroxylation is 2. The summed E-state index contributed by atoms with van der Waals surface area (Å²) in [4.78, 5) is 9.25. The summed E-state index contributed by atoms with van der Waals surface area (Å²) in [7, 11) is 0. The van der Waals surface area contributed by atoms with E-state index < -0.39 is 0 Å². The molecule has 30 heavy (non-hydrogen) atoms. The van der Waals surface area contributed by atoms with Gasteiger partial charge in [0.25, 0.3) is 0 Å². The van der Waals surface area contributed by atoms with E-state index in [0.29, 0.717) is 17.6 Å². The summed E-state index contributed by atoms with van der Waals surface area (Å²) < 4.78 is 9.93. The first-order chi connectivity index (χ1) is 14.7. The average molecular weight is 394 g/mol. The molecule has 5 aromatic rings. The molecule has 1 aliphatic rings. The Bertz CT molecular complexity index is 1390. The molecule has 0 N–H and O–H groups in total. The molecule has 1 atom stereocenters. The van der Waals surface area contributed by atoms with Crippen molar-refractivity contribution in [2.75, 3.05) is 0 Å². The molecule has 146 valence electrons. The van der Waals surface area contributed by atoms with Gasteiger partial charge in [-0.15, -0.1) is 0 Å². The maximum absolute atomic E-state index is 6.36. The van der Waals surface area contributed by atoms with Crippen LogP contribution < -0.4 is 4.74 Å². The van der Waals surface area contributed by atoms with Gasteiger partial charge in [-0.2, -0.15) is 10.2 Å². The number of nitrogens with zero attached hydrogens (tertiary/aromatic N) is 6. The summed E-state index contributed by atoms with van der Waals surface area (Å²) in [5.41, 5.74) is 5.67. The highest BCUT2D eigenvalue weighted by atomic mass is 16.5. The first kappa shape index (κ1) is 16.9. The van der Waals surface area contributed by atoms with Crippen LogP contribution in [0, 0.1) is 13.8 Å². The van der Waals surface area contributed by atoms with Gasteiger partial charge in [-0.25, -0.2) is 19.2 Å². The number of rotatable bonds is 2. The van der Waals surface area contributed by atoms with E-state index in [2.05, 4.69) is 27.2 Å². The number of ether oxygens (including phenoxy) is 1. The van der Waals surface area contributed by atoms with Crippen molar-refractivity contribution >= 4 is 5.65 Å². The molecule has 0 saturated carbocycles. The minimum atomic E-state index is -0.109.